The number of hydrogen-bond donors (Lipinski definition) is 3. The molecule has 2 unspecified atom stereocenters. The van der Waals surface area contributed by atoms with Gasteiger partial charge in [0.25, 0.3) is 5.91 Å². The molecule has 3 amide bonds. The van der Waals surface area contributed by atoms with Gasteiger partial charge in [0.2, 0.25) is 18.3 Å². The average molecular weight is 420 g/mol. The van der Waals surface area contributed by atoms with Gasteiger partial charge in [-0.15, -0.1) is 0 Å². The van der Waals surface area contributed by atoms with Gasteiger partial charge in [-0.05, 0) is 18.8 Å². The van der Waals surface area contributed by atoms with E-state index < -0.39 is 17.9 Å². The molecule has 1 aromatic rings. The lowest BCUT2D eigenvalue weighted by atomic mass is 9.92. The molecule has 1 aliphatic heterocycles. The number of carbonyl (C=O) groups is 3. The molecule has 164 valence electrons. The summed E-state index contributed by atoms with van der Waals surface area (Å²) < 4.78 is 4.99. The van der Waals surface area contributed by atoms with Gasteiger partial charge in [0.05, 0.1) is 32.0 Å². The number of methoxy groups -OCH3 is 1. The molecular weight excluding hydrogens is 392 g/mol. The summed E-state index contributed by atoms with van der Waals surface area (Å²) in [6.45, 7) is 0.354. The summed E-state index contributed by atoms with van der Waals surface area (Å²) in [6, 6.07) is -0.738. The lowest BCUT2D eigenvalue weighted by molar-refractivity contribution is -0.159. The third-order valence-corrected chi connectivity index (χ3v) is 5.62. The summed E-state index contributed by atoms with van der Waals surface area (Å²) in [4.78, 5) is 44.9. The van der Waals surface area contributed by atoms with Crippen LogP contribution in [-0.4, -0.2) is 69.7 Å². The van der Waals surface area contributed by atoms with E-state index in [0.29, 0.717) is 36.1 Å². The topological polar surface area (TPSA) is 137 Å². The number of hydroxylamine groups is 2. The quantitative estimate of drug-likeness (QED) is 0.300. The van der Waals surface area contributed by atoms with Crippen LogP contribution in [0.4, 0.5) is 5.95 Å². The van der Waals surface area contributed by atoms with Gasteiger partial charge in [-0.3, -0.25) is 29.9 Å². The Morgan fingerprint density at radius 2 is 2.07 bits per heavy atom. The maximum atomic E-state index is 13.2. The van der Waals surface area contributed by atoms with E-state index in [4.69, 9.17) is 4.74 Å². The average Bonchev–Trinajstić information content (AvgIpc) is 3.45. The Kier molecular flexibility index (Phi) is 7.52. The summed E-state index contributed by atoms with van der Waals surface area (Å²) in [5, 5.41) is 14.1. The van der Waals surface area contributed by atoms with Gasteiger partial charge < -0.3 is 4.74 Å². The monoisotopic (exact) mass is 420 g/mol. The predicted octanol–water partition coefficient (Wildman–Crippen LogP) is 0.573. The molecule has 30 heavy (non-hydrogen) atoms. The van der Waals surface area contributed by atoms with Crippen LogP contribution in [0.5, 0.6) is 5.75 Å². The second kappa shape index (κ2) is 10.3. The number of hydrazine groups is 1. The van der Waals surface area contributed by atoms with E-state index in [1.165, 1.54) is 24.5 Å². The number of amides is 3. The van der Waals surface area contributed by atoms with Crippen molar-refractivity contribution in [3.63, 3.8) is 0 Å². The van der Waals surface area contributed by atoms with Crippen LogP contribution in [0.1, 0.15) is 38.5 Å². The van der Waals surface area contributed by atoms with Crippen LogP contribution in [0.25, 0.3) is 0 Å². The van der Waals surface area contributed by atoms with Crippen molar-refractivity contribution in [1.29, 1.82) is 0 Å². The number of aromatic nitrogens is 2. The van der Waals surface area contributed by atoms with Crippen LogP contribution < -0.4 is 15.5 Å². The molecule has 2 heterocycles. The Morgan fingerprint density at radius 3 is 2.70 bits per heavy atom. The molecule has 1 aliphatic carbocycles. The van der Waals surface area contributed by atoms with Crippen LogP contribution >= 0.6 is 0 Å². The molecule has 1 saturated carbocycles. The lowest BCUT2D eigenvalue weighted by Gasteiger charge is -2.29. The van der Waals surface area contributed by atoms with Gasteiger partial charge in [0.15, 0.2) is 5.75 Å². The highest BCUT2D eigenvalue weighted by atomic mass is 16.5. The standard InChI is InChI=1S/C19H28N6O5/c1-30-15-9-20-19(21-10-15)23-17(27)16-6-7-22-25(16)18(28)14(11-24(29)12-26)8-13-4-2-3-5-13/h9-10,12-14,16,22,29H,2-8,11H2,1H3,(H,20,21,23,27). The number of rotatable bonds is 9. The molecule has 11 nitrogen and oxygen atoms in total. The fourth-order valence-electron chi connectivity index (χ4n) is 4.09. The largest absolute Gasteiger partial charge is 0.494 e. The van der Waals surface area contributed by atoms with Gasteiger partial charge >= 0.3 is 0 Å². The van der Waals surface area contributed by atoms with Gasteiger partial charge in [0, 0.05) is 6.54 Å². The Hall–Kier alpha value is -2.79. The smallest absolute Gasteiger partial charge is 0.251 e. The van der Waals surface area contributed by atoms with Crippen LogP contribution in [-0.2, 0) is 14.4 Å². The SMILES string of the molecule is COc1cnc(NC(=O)C2CCNN2C(=O)C(CC2CCCC2)CN(O)C=O)nc1. The number of nitrogens with zero attached hydrogens (tertiary/aromatic N) is 4. The Morgan fingerprint density at radius 1 is 1.37 bits per heavy atom. The summed E-state index contributed by atoms with van der Waals surface area (Å²) in [5.41, 5.74) is 2.96. The third-order valence-electron chi connectivity index (χ3n) is 5.62. The molecule has 0 aromatic carbocycles. The second-order valence-electron chi connectivity index (χ2n) is 7.67. The molecule has 0 bridgehead atoms. The molecule has 1 saturated heterocycles. The molecule has 3 N–H and O–H groups in total. The van der Waals surface area contributed by atoms with Crippen LogP contribution in [0.3, 0.4) is 0 Å². The number of nitrogens with one attached hydrogen (secondary N) is 2. The van der Waals surface area contributed by atoms with E-state index in [2.05, 4.69) is 20.7 Å². The fraction of sp³-hybridized carbons (Fsp3) is 0.632. The molecule has 1 aromatic heterocycles. The minimum atomic E-state index is -0.738. The summed E-state index contributed by atoms with van der Waals surface area (Å²) >= 11 is 0. The van der Waals surface area contributed by atoms with E-state index in [-0.39, 0.29) is 24.8 Å². The minimum absolute atomic E-state index is 0.104. The molecule has 11 heteroatoms. The normalized spacial score (nSPS) is 20.1. The first-order valence-corrected chi connectivity index (χ1v) is 10.2. The van der Waals surface area contributed by atoms with E-state index in [0.717, 1.165) is 25.7 Å². The van der Waals surface area contributed by atoms with Gasteiger partial charge in [-0.25, -0.2) is 20.5 Å². The number of ether oxygens (including phenoxy) is 1. The first-order valence-electron chi connectivity index (χ1n) is 10.2. The first kappa shape index (κ1) is 21.9. The van der Waals surface area contributed by atoms with Crippen LogP contribution in [0.15, 0.2) is 12.4 Å². The van der Waals surface area contributed by atoms with E-state index >= 15 is 0 Å². The molecule has 3 rings (SSSR count). The molecule has 2 aliphatic rings. The fourth-order valence-corrected chi connectivity index (χ4v) is 4.09. The van der Waals surface area contributed by atoms with Crippen molar-refractivity contribution >= 4 is 24.2 Å². The number of carbonyl (C=O) groups excluding carboxylic acids is 3. The van der Waals surface area contributed by atoms with Gasteiger partial charge in [-0.1, -0.05) is 25.7 Å². The highest BCUT2D eigenvalue weighted by Crippen LogP contribution is 2.31. The maximum absolute atomic E-state index is 13.2. The number of hydrogen-bond acceptors (Lipinski definition) is 8. The zero-order valence-corrected chi connectivity index (χ0v) is 17.0. The van der Waals surface area contributed by atoms with E-state index in [1.54, 1.807) is 0 Å². The zero-order chi connectivity index (χ0) is 21.5. The molecular formula is C19H28N6O5. The van der Waals surface area contributed by atoms with Crippen molar-refractivity contribution in [1.82, 2.24) is 25.5 Å². The Balaban J connectivity index is 1.67. The minimum Gasteiger partial charge on any atom is -0.494 e. The second-order valence-corrected chi connectivity index (χ2v) is 7.67. The first-order chi connectivity index (χ1) is 14.5. The summed E-state index contributed by atoms with van der Waals surface area (Å²) in [6.07, 6.45) is 8.46. The van der Waals surface area contributed by atoms with Gasteiger partial charge in [0.1, 0.15) is 6.04 Å². The van der Waals surface area contributed by atoms with Crippen molar-refractivity contribution in [2.75, 3.05) is 25.5 Å². The van der Waals surface area contributed by atoms with Crippen LogP contribution in [0, 0.1) is 11.8 Å². The van der Waals surface area contributed by atoms with Crippen molar-refractivity contribution in [2.45, 2.75) is 44.6 Å². The maximum Gasteiger partial charge on any atom is 0.251 e. The van der Waals surface area contributed by atoms with Gasteiger partial charge in [-0.2, -0.15) is 0 Å². The highest BCUT2D eigenvalue weighted by Gasteiger charge is 2.39. The summed E-state index contributed by atoms with van der Waals surface area (Å²) in [7, 11) is 1.49. The summed E-state index contributed by atoms with van der Waals surface area (Å²) in [5.74, 6) is -0.357. The predicted molar refractivity (Wildman–Crippen MR) is 105 cm³/mol. The zero-order valence-electron chi connectivity index (χ0n) is 17.0. The van der Waals surface area contributed by atoms with E-state index in [9.17, 15) is 19.6 Å². The third kappa shape index (κ3) is 5.42. The van der Waals surface area contributed by atoms with Crippen molar-refractivity contribution in [3.8, 4) is 5.75 Å². The highest BCUT2D eigenvalue weighted by molar-refractivity contribution is 5.96. The van der Waals surface area contributed by atoms with Crippen molar-refractivity contribution in [2.24, 2.45) is 11.8 Å². The Labute approximate surface area is 174 Å². The van der Waals surface area contributed by atoms with E-state index in [1.807, 2.05) is 0 Å². The van der Waals surface area contributed by atoms with Crippen LogP contribution in [0.2, 0.25) is 0 Å². The molecule has 2 atom stereocenters. The van der Waals surface area contributed by atoms with Crippen molar-refractivity contribution < 1.29 is 24.3 Å². The molecule has 0 spiro atoms. The molecule has 0 radical (unpaired) electrons. The number of anilines is 1. The van der Waals surface area contributed by atoms with Crippen molar-refractivity contribution in [3.05, 3.63) is 12.4 Å². The lowest BCUT2D eigenvalue weighted by Crippen LogP contribution is -2.51. The molecule has 2 fully saturated rings. The Bertz CT molecular complexity index is 739.